The molecule has 0 aromatic carbocycles. The Labute approximate surface area is 121 Å². The zero-order chi connectivity index (χ0) is 14.5. The van der Waals surface area contributed by atoms with Gasteiger partial charge in [-0.05, 0) is 38.5 Å². The molecule has 0 amide bonds. The van der Waals surface area contributed by atoms with Gasteiger partial charge in [0.2, 0.25) is 0 Å². The summed E-state index contributed by atoms with van der Waals surface area (Å²) in [6.45, 7) is 5.05. The van der Waals surface area contributed by atoms with Crippen molar-refractivity contribution in [3.63, 3.8) is 0 Å². The number of aliphatic hydroxyl groups is 1. The van der Waals surface area contributed by atoms with E-state index in [0.29, 0.717) is 5.92 Å². The van der Waals surface area contributed by atoms with Crippen LogP contribution in [0.1, 0.15) is 44.0 Å². The molecule has 0 spiro atoms. The number of anilines is 2. The second-order valence-electron chi connectivity index (χ2n) is 5.68. The molecule has 2 rings (SSSR count). The molecule has 1 saturated carbocycles. The van der Waals surface area contributed by atoms with Crippen molar-refractivity contribution >= 4 is 11.6 Å². The van der Waals surface area contributed by atoms with Gasteiger partial charge in [0, 0.05) is 25.6 Å². The van der Waals surface area contributed by atoms with Crippen molar-refractivity contribution in [2.75, 3.05) is 24.2 Å². The first kappa shape index (κ1) is 15.0. The topological polar surface area (TPSA) is 70.1 Å². The molecular formula is C15H26N4O. The molecule has 5 heteroatoms. The third-order valence-corrected chi connectivity index (χ3v) is 3.97. The van der Waals surface area contributed by atoms with Gasteiger partial charge in [-0.2, -0.15) is 0 Å². The van der Waals surface area contributed by atoms with E-state index < -0.39 is 0 Å². The predicted molar refractivity (Wildman–Crippen MR) is 82.1 cm³/mol. The minimum absolute atomic E-state index is 0.114. The van der Waals surface area contributed by atoms with Crippen LogP contribution in [-0.4, -0.2) is 34.8 Å². The Bertz CT molecular complexity index is 450. The van der Waals surface area contributed by atoms with E-state index in [4.69, 9.17) is 0 Å². The molecule has 0 bridgehead atoms. The summed E-state index contributed by atoms with van der Waals surface area (Å²) < 4.78 is 0. The number of aryl methyl sites for hydroxylation is 1. The van der Waals surface area contributed by atoms with Crippen molar-refractivity contribution < 1.29 is 5.11 Å². The summed E-state index contributed by atoms with van der Waals surface area (Å²) in [6.07, 6.45) is 4.75. The van der Waals surface area contributed by atoms with Crippen LogP contribution in [0.25, 0.3) is 0 Å². The summed E-state index contributed by atoms with van der Waals surface area (Å²) >= 11 is 0. The maximum atomic E-state index is 9.58. The minimum atomic E-state index is -0.114. The first-order valence-electron chi connectivity index (χ1n) is 7.61. The third-order valence-electron chi connectivity index (χ3n) is 3.97. The average molecular weight is 278 g/mol. The van der Waals surface area contributed by atoms with Crippen LogP contribution in [0, 0.1) is 12.8 Å². The Hall–Kier alpha value is -1.36. The van der Waals surface area contributed by atoms with Crippen LogP contribution < -0.4 is 10.6 Å². The molecule has 1 aliphatic rings. The SMILES string of the molecule is CCCc1nc(NC)c(C)c(NCC2CCC(O)C2)n1. The summed E-state index contributed by atoms with van der Waals surface area (Å²) in [5, 5.41) is 16.2. The van der Waals surface area contributed by atoms with Crippen molar-refractivity contribution in [1.82, 2.24) is 9.97 Å². The first-order valence-corrected chi connectivity index (χ1v) is 7.61. The van der Waals surface area contributed by atoms with Gasteiger partial charge in [0.1, 0.15) is 17.5 Å². The van der Waals surface area contributed by atoms with Crippen LogP contribution in [0.4, 0.5) is 11.6 Å². The third kappa shape index (κ3) is 3.60. The number of nitrogens with zero attached hydrogens (tertiary/aromatic N) is 2. The summed E-state index contributed by atoms with van der Waals surface area (Å²) in [6, 6.07) is 0. The maximum absolute atomic E-state index is 9.58. The van der Waals surface area contributed by atoms with E-state index in [0.717, 1.165) is 61.7 Å². The van der Waals surface area contributed by atoms with Gasteiger partial charge in [0.15, 0.2) is 0 Å². The molecule has 1 aliphatic carbocycles. The molecule has 3 N–H and O–H groups in total. The van der Waals surface area contributed by atoms with Gasteiger partial charge >= 0.3 is 0 Å². The molecule has 1 aromatic rings. The highest BCUT2D eigenvalue weighted by molar-refractivity contribution is 5.57. The lowest BCUT2D eigenvalue weighted by atomic mass is 10.1. The summed E-state index contributed by atoms with van der Waals surface area (Å²) in [7, 11) is 1.89. The highest BCUT2D eigenvalue weighted by Gasteiger charge is 2.22. The Kier molecular flexibility index (Phi) is 5.17. The molecule has 112 valence electrons. The second kappa shape index (κ2) is 6.88. The van der Waals surface area contributed by atoms with Crippen LogP contribution in [0.3, 0.4) is 0 Å². The van der Waals surface area contributed by atoms with Gasteiger partial charge in [0.25, 0.3) is 0 Å². The zero-order valence-corrected chi connectivity index (χ0v) is 12.7. The number of hydrogen-bond donors (Lipinski definition) is 3. The summed E-state index contributed by atoms with van der Waals surface area (Å²) in [5.41, 5.74) is 1.06. The fourth-order valence-corrected chi connectivity index (χ4v) is 2.79. The second-order valence-corrected chi connectivity index (χ2v) is 5.68. The highest BCUT2D eigenvalue weighted by Crippen LogP contribution is 2.27. The van der Waals surface area contributed by atoms with Crippen molar-refractivity contribution in [2.24, 2.45) is 5.92 Å². The van der Waals surface area contributed by atoms with Crippen LogP contribution in [0.2, 0.25) is 0 Å². The molecule has 2 unspecified atom stereocenters. The molecule has 1 fully saturated rings. The van der Waals surface area contributed by atoms with Gasteiger partial charge in [-0.25, -0.2) is 9.97 Å². The van der Waals surface area contributed by atoms with Crippen molar-refractivity contribution in [2.45, 2.75) is 52.1 Å². The van der Waals surface area contributed by atoms with Crippen molar-refractivity contribution in [3.05, 3.63) is 11.4 Å². The Balaban J connectivity index is 2.07. The monoisotopic (exact) mass is 278 g/mol. The number of rotatable bonds is 6. The number of nitrogens with one attached hydrogen (secondary N) is 2. The molecule has 5 nitrogen and oxygen atoms in total. The number of aliphatic hydroxyl groups excluding tert-OH is 1. The van der Waals surface area contributed by atoms with Crippen LogP contribution in [-0.2, 0) is 6.42 Å². The quantitative estimate of drug-likeness (QED) is 0.745. The molecule has 1 aromatic heterocycles. The smallest absolute Gasteiger partial charge is 0.134 e. The molecule has 0 aliphatic heterocycles. The first-order chi connectivity index (χ1) is 9.63. The van der Waals surface area contributed by atoms with Crippen LogP contribution >= 0.6 is 0 Å². The summed E-state index contributed by atoms with van der Waals surface area (Å²) in [5.74, 6) is 3.26. The lowest BCUT2D eigenvalue weighted by molar-refractivity contribution is 0.178. The lowest BCUT2D eigenvalue weighted by Gasteiger charge is -2.16. The van der Waals surface area contributed by atoms with E-state index in [1.54, 1.807) is 0 Å². The van der Waals surface area contributed by atoms with Gasteiger partial charge in [-0.1, -0.05) is 6.92 Å². The zero-order valence-electron chi connectivity index (χ0n) is 12.7. The van der Waals surface area contributed by atoms with E-state index in [9.17, 15) is 5.11 Å². The van der Waals surface area contributed by atoms with E-state index in [-0.39, 0.29) is 6.10 Å². The largest absolute Gasteiger partial charge is 0.393 e. The Morgan fingerprint density at radius 3 is 2.60 bits per heavy atom. The molecule has 1 heterocycles. The number of hydrogen-bond acceptors (Lipinski definition) is 5. The van der Waals surface area contributed by atoms with E-state index in [1.807, 2.05) is 14.0 Å². The molecule has 0 saturated heterocycles. The standard InChI is InChI=1S/C15H26N4O/c1-4-5-13-18-14(16-3)10(2)15(19-13)17-9-11-6-7-12(20)8-11/h11-12,20H,4-9H2,1-3H3,(H2,16,17,18,19). The number of aromatic nitrogens is 2. The molecule has 0 radical (unpaired) electrons. The molecule has 20 heavy (non-hydrogen) atoms. The lowest BCUT2D eigenvalue weighted by Crippen LogP contribution is -2.16. The van der Waals surface area contributed by atoms with Gasteiger partial charge in [0.05, 0.1) is 6.10 Å². The van der Waals surface area contributed by atoms with E-state index in [1.165, 1.54) is 0 Å². The Morgan fingerprint density at radius 1 is 1.25 bits per heavy atom. The minimum Gasteiger partial charge on any atom is -0.393 e. The van der Waals surface area contributed by atoms with Crippen molar-refractivity contribution in [1.29, 1.82) is 0 Å². The molecule has 2 atom stereocenters. The fraction of sp³-hybridized carbons (Fsp3) is 0.733. The van der Waals surface area contributed by atoms with Crippen LogP contribution in [0.15, 0.2) is 0 Å². The summed E-state index contributed by atoms with van der Waals surface area (Å²) in [4.78, 5) is 9.16. The van der Waals surface area contributed by atoms with E-state index in [2.05, 4.69) is 27.5 Å². The molecular weight excluding hydrogens is 252 g/mol. The van der Waals surface area contributed by atoms with Gasteiger partial charge < -0.3 is 15.7 Å². The maximum Gasteiger partial charge on any atom is 0.134 e. The Morgan fingerprint density at radius 2 is 2.00 bits per heavy atom. The van der Waals surface area contributed by atoms with Gasteiger partial charge in [-0.3, -0.25) is 0 Å². The highest BCUT2D eigenvalue weighted by atomic mass is 16.3. The average Bonchev–Trinajstić information content (AvgIpc) is 2.85. The predicted octanol–water partition coefficient (Wildman–Crippen LogP) is 2.35. The van der Waals surface area contributed by atoms with Crippen molar-refractivity contribution in [3.8, 4) is 0 Å². The van der Waals surface area contributed by atoms with E-state index >= 15 is 0 Å². The normalized spacial score (nSPS) is 22.0. The van der Waals surface area contributed by atoms with Crippen LogP contribution in [0.5, 0.6) is 0 Å². The fourth-order valence-electron chi connectivity index (χ4n) is 2.79. The van der Waals surface area contributed by atoms with Gasteiger partial charge in [-0.15, -0.1) is 0 Å².